The average Bonchev–Trinajstić information content (AvgIpc) is 3.08. The van der Waals surface area contributed by atoms with E-state index in [0.29, 0.717) is 5.69 Å². The van der Waals surface area contributed by atoms with E-state index in [1.807, 2.05) is 60.3 Å². The van der Waals surface area contributed by atoms with Gasteiger partial charge in [0.2, 0.25) is 0 Å². The summed E-state index contributed by atoms with van der Waals surface area (Å²) >= 11 is 0. The second-order valence-corrected chi connectivity index (χ2v) is 4.89. The first-order valence-corrected chi connectivity index (χ1v) is 6.69. The molecule has 1 amide bonds. The van der Waals surface area contributed by atoms with E-state index in [1.54, 1.807) is 17.8 Å². The Morgan fingerprint density at radius 2 is 1.90 bits per heavy atom. The van der Waals surface area contributed by atoms with Crippen LogP contribution in [-0.4, -0.2) is 20.3 Å². The third kappa shape index (κ3) is 2.72. The minimum Gasteiger partial charge on any atom is -0.324 e. The number of nitrogens with one attached hydrogen (secondary N) is 1. The molecule has 0 aliphatic heterocycles. The van der Waals surface area contributed by atoms with Gasteiger partial charge in [0.05, 0.1) is 5.69 Å². The van der Waals surface area contributed by atoms with Gasteiger partial charge in [-0.2, -0.15) is 5.10 Å². The molecule has 0 saturated carbocycles. The lowest BCUT2D eigenvalue weighted by Crippen LogP contribution is -2.16. The second kappa shape index (κ2) is 5.28. The molecule has 3 rings (SSSR count). The molecule has 3 aromatic rings. The summed E-state index contributed by atoms with van der Waals surface area (Å²) in [5, 5.41) is 7.09. The Balaban J connectivity index is 1.84. The van der Waals surface area contributed by atoms with Gasteiger partial charge < -0.3 is 9.88 Å². The van der Waals surface area contributed by atoms with E-state index in [1.165, 1.54) is 0 Å². The van der Waals surface area contributed by atoms with Crippen molar-refractivity contribution in [2.24, 2.45) is 7.05 Å². The van der Waals surface area contributed by atoms with Crippen LogP contribution >= 0.6 is 0 Å². The third-order valence-corrected chi connectivity index (χ3v) is 3.24. The van der Waals surface area contributed by atoms with Crippen molar-refractivity contribution in [3.63, 3.8) is 0 Å². The summed E-state index contributed by atoms with van der Waals surface area (Å²) in [6.07, 6.45) is 3.93. The van der Waals surface area contributed by atoms with Crippen LogP contribution in [0.3, 0.4) is 0 Å². The Hall–Kier alpha value is -2.82. The summed E-state index contributed by atoms with van der Waals surface area (Å²) in [4.78, 5) is 12.3. The van der Waals surface area contributed by atoms with Crippen molar-refractivity contribution in [2.75, 3.05) is 5.32 Å². The summed E-state index contributed by atoms with van der Waals surface area (Å²) < 4.78 is 3.57. The number of carbonyl (C=O) groups excluding carboxylic acids is 1. The summed E-state index contributed by atoms with van der Waals surface area (Å²) in [6.45, 7) is 1.86. The number of aryl methyl sites for hydroxylation is 2. The molecule has 0 spiro atoms. The van der Waals surface area contributed by atoms with Gasteiger partial charge in [0.1, 0.15) is 5.69 Å². The molecule has 1 aromatic carbocycles. The van der Waals surface area contributed by atoms with Crippen molar-refractivity contribution < 1.29 is 4.79 Å². The van der Waals surface area contributed by atoms with Gasteiger partial charge >= 0.3 is 0 Å². The van der Waals surface area contributed by atoms with Crippen molar-refractivity contribution in [1.82, 2.24) is 14.3 Å². The molecule has 2 aromatic heterocycles. The molecule has 0 fully saturated rings. The lowest BCUT2D eigenvalue weighted by Gasteiger charge is -2.08. The van der Waals surface area contributed by atoms with Crippen LogP contribution in [0.2, 0.25) is 0 Å². The van der Waals surface area contributed by atoms with Gasteiger partial charge in [-0.25, -0.2) is 0 Å². The van der Waals surface area contributed by atoms with Gasteiger partial charge in [0.15, 0.2) is 0 Å². The van der Waals surface area contributed by atoms with E-state index < -0.39 is 0 Å². The molecule has 0 aliphatic carbocycles. The first-order valence-electron chi connectivity index (χ1n) is 6.69. The number of hydrogen-bond donors (Lipinski definition) is 1. The highest BCUT2D eigenvalue weighted by Gasteiger charge is 2.12. The summed E-state index contributed by atoms with van der Waals surface area (Å²) in [5.74, 6) is -0.164. The number of anilines is 1. The molecule has 0 saturated heterocycles. The zero-order chi connectivity index (χ0) is 14.8. The highest BCUT2D eigenvalue weighted by atomic mass is 16.2. The van der Waals surface area contributed by atoms with Crippen molar-refractivity contribution in [1.29, 1.82) is 0 Å². The molecule has 21 heavy (non-hydrogen) atoms. The SMILES string of the molecule is Cc1cc(C(=O)Nc2cccc(-n3cccc3)c2)n(C)n1. The number of amides is 1. The molecular weight excluding hydrogens is 264 g/mol. The van der Waals surface area contributed by atoms with Crippen LogP contribution in [0, 0.1) is 6.92 Å². The fourth-order valence-electron chi connectivity index (χ4n) is 2.27. The van der Waals surface area contributed by atoms with Crippen LogP contribution in [-0.2, 0) is 7.05 Å². The normalized spacial score (nSPS) is 10.6. The molecule has 5 heteroatoms. The second-order valence-electron chi connectivity index (χ2n) is 4.89. The molecule has 0 aliphatic rings. The van der Waals surface area contributed by atoms with E-state index >= 15 is 0 Å². The highest BCUT2D eigenvalue weighted by Crippen LogP contribution is 2.16. The molecule has 2 heterocycles. The van der Waals surface area contributed by atoms with Gasteiger partial charge in [-0.05, 0) is 43.3 Å². The predicted octanol–water partition coefficient (Wildman–Crippen LogP) is 2.77. The summed E-state index contributed by atoms with van der Waals surface area (Å²) in [6, 6.07) is 13.4. The number of benzene rings is 1. The van der Waals surface area contributed by atoms with Gasteiger partial charge in [-0.15, -0.1) is 0 Å². The number of aromatic nitrogens is 3. The molecule has 0 unspecified atom stereocenters. The molecule has 1 N–H and O–H groups in total. The standard InChI is InChI=1S/C16H16N4O/c1-12-10-15(19(2)18-12)16(21)17-13-6-5-7-14(11-13)20-8-3-4-9-20/h3-11H,1-2H3,(H,17,21). The topological polar surface area (TPSA) is 51.9 Å². The molecule has 106 valence electrons. The average molecular weight is 280 g/mol. The number of nitrogens with zero attached hydrogens (tertiary/aromatic N) is 3. The van der Waals surface area contributed by atoms with E-state index in [9.17, 15) is 4.79 Å². The fourth-order valence-corrected chi connectivity index (χ4v) is 2.27. The summed E-state index contributed by atoms with van der Waals surface area (Å²) in [5.41, 5.74) is 3.12. The maximum absolute atomic E-state index is 12.3. The van der Waals surface area contributed by atoms with E-state index in [0.717, 1.165) is 17.1 Å². The molecule has 0 bridgehead atoms. The quantitative estimate of drug-likeness (QED) is 0.802. The van der Waals surface area contributed by atoms with Crippen LogP contribution < -0.4 is 5.32 Å². The van der Waals surface area contributed by atoms with Crippen molar-refractivity contribution in [3.8, 4) is 5.69 Å². The van der Waals surface area contributed by atoms with E-state index in [-0.39, 0.29) is 5.91 Å². The van der Waals surface area contributed by atoms with E-state index in [4.69, 9.17) is 0 Å². The predicted molar refractivity (Wildman–Crippen MR) is 81.7 cm³/mol. The minimum atomic E-state index is -0.164. The zero-order valence-corrected chi connectivity index (χ0v) is 11.9. The Morgan fingerprint density at radius 1 is 1.14 bits per heavy atom. The van der Waals surface area contributed by atoms with Crippen molar-refractivity contribution in [2.45, 2.75) is 6.92 Å². The lowest BCUT2D eigenvalue weighted by atomic mass is 10.2. The number of carbonyl (C=O) groups is 1. The first-order chi connectivity index (χ1) is 10.1. The largest absolute Gasteiger partial charge is 0.324 e. The monoisotopic (exact) mass is 280 g/mol. The van der Waals surface area contributed by atoms with Crippen LogP contribution in [0.5, 0.6) is 0 Å². The molecular formula is C16H16N4O. The Kier molecular flexibility index (Phi) is 3.31. The van der Waals surface area contributed by atoms with Gasteiger partial charge in [0.25, 0.3) is 5.91 Å². The maximum atomic E-state index is 12.3. The Morgan fingerprint density at radius 3 is 2.57 bits per heavy atom. The zero-order valence-electron chi connectivity index (χ0n) is 11.9. The Bertz CT molecular complexity index is 771. The smallest absolute Gasteiger partial charge is 0.273 e. The molecule has 0 radical (unpaired) electrons. The van der Waals surface area contributed by atoms with Gasteiger partial charge in [-0.1, -0.05) is 6.07 Å². The van der Waals surface area contributed by atoms with Gasteiger partial charge in [0, 0.05) is 30.8 Å². The molecule has 0 atom stereocenters. The van der Waals surface area contributed by atoms with E-state index in [2.05, 4.69) is 10.4 Å². The molecule has 5 nitrogen and oxygen atoms in total. The van der Waals surface area contributed by atoms with Crippen LogP contribution in [0.15, 0.2) is 54.9 Å². The highest BCUT2D eigenvalue weighted by molar-refractivity contribution is 6.03. The van der Waals surface area contributed by atoms with Gasteiger partial charge in [-0.3, -0.25) is 9.48 Å². The Labute approximate surface area is 122 Å². The number of hydrogen-bond acceptors (Lipinski definition) is 2. The maximum Gasteiger partial charge on any atom is 0.273 e. The summed E-state index contributed by atoms with van der Waals surface area (Å²) in [7, 11) is 1.76. The van der Waals surface area contributed by atoms with Crippen LogP contribution in [0.4, 0.5) is 5.69 Å². The van der Waals surface area contributed by atoms with Crippen molar-refractivity contribution >= 4 is 11.6 Å². The van der Waals surface area contributed by atoms with Crippen LogP contribution in [0.25, 0.3) is 5.69 Å². The minimum absolute atomic E-state index is 0.164. The number of rotatable bonds is 3. The van der Waals surface area contributed by atoms with Crippen molar-refractivity contribution in [3.05, 3.63) is 66.2 Å². The van der Waals surface area contributed by atoms with Crippen LogP contribution in [0.1, 0.15) is 16.2 Å². The third-order valence-electron chi connectivity index (χ3n) is 3.24. The fraction of sp³-hybridized carbons (Fsp3) is 0.125. The first kappa shape index (κ1) is 13.2. The lowest BCUT2D eigenvalue weighted by molar-refractivity contribution is 0.101.